The van der Waals surface area contributed by atoms with Crippen LogP contribution in [-0.2, 0) is 14.3 Å². The second-order valence-corrected chi connectivity index (χ2v) is 3.55. The van der Waals surface area contributed by atoms with Crippen molar-refractivity contribution >= 4 is 5.97 Å². The van der Waals surface area contributed by atoms with Crippen LogP contribution >= 0.6 is 0 Å². The molecule has 0 unspecified atom stereocenters. The summed E-state index contributed by atoms with van der Waals surface area (Å²) < 4.78 is 10.1. The molecule has 0 amide bonds. The molecular weight excluding hydrogens is 192 g/mol. The van der Waals surface area contributed by atoms with Crippen molar-refractivity contribution in [3.8, 4) is 0 Å². The van der Waals surface area contributed by atoms with Gasteiger partial charge in [-0.05, 0) is 37.5 Å². The van der Waals surface area contributed by atoms with E-state index in [4.69, 9.17) is 4.74 Å². The largest absolute Gasteiger partial charge is 0.490 e. The number of hydrogen-bond acceptors (Lipinski definition) is 3. The van der Waals surface area contributed by atoms with Crippen molar-refractivity contribution in [1.82, 2.24) is 0 Å². The number of carbonyl (C=O) groups is 1. The van der Waals surface area contributed by atoms with Gasteiger partial charge in [-0.3, -0.25) is 0 Å². The van der Waals surface area contributed by atoms with Gasteiger partial charge in [0.15, 0.2) is 0 Å². The zero-order valence-corrected chi connectivity index (χ0v) is 9.21. The van der Waals surface area contributed by atoms with Crippen LogP contribution in [0.4, 0.5) is 0 Å². The van der Waals surface area contributed by atoms with E-state index in [0.717, 1.165) is 17.8 Å². The van der Waals surface area contributed by atoms with Gasteiger partial charge in [0.2, 0.25) is 0 Å². The first-order valence-electron chi connectivity index (χ1n) is 4.89. The van der Waals surface area contributed by atoms with Crippen LogP contribution in [0.25, 0.3) is 0 Å². The van der Waals surface area contributed by atoms with Crippen molar-refractivity contribution in [2.75, 3.05) is 13.7 Å². The standard InChI is InChI=1S/C12H16O3/c1-9(2)8-15-11-6-4-5-10(7-11)12(13)14-3/h6-7H,1,4-5,8H2,2-3H3. The van der Waals surface area contributed by atoms with E-state index in [1.165, 1.54) is 7.11 Å². The highest BCUT2D eigenvalue weighted by Gasteiger charge is 2.13. The first-order valence-corrected chi connectivity index (χ1v) is 4.89. The maximum absolute atomic E-state index is 11.3. The number of ether oxygens (including phenoxy) is 2. The Labute approximate surface area is 90.1 Å². The average Bonchev–Trinajstić information content (AvgIpc) is 2.25. The van der Waals surface area contributed by atoms with Gasteiger partial charge in [0.1, 0.15) is 12.4 Å². The van der Waals surface area contributed by atoms with E-state index in [1.54, 1.807) is 6.08 Å². The quantitative estimate of drug-likeness (QED) is 0.525. The third-order valence-electron chi connectivity index (χ3n) is 2.01. The highest BCUT2D eigenvalue weighted by Crippen LogP contribution is 2.19. The maximum Gasteiger partial charge on any atom is 0.333 e. The van der Waals surface area contributed by atoms with Gasteiger partial charge in [-0.1, -0.05) is 6.58 Å². The van der Waals surface area contributed by atoms with Crippen LogP contribution in [0.3, 0.4) is 0 Å². The molecule has 1 aliphatic carbocycles. The van der Waals surface area contributed by atoms with Gasteiger partial charge in [-0.15, -0.1) is 0 Å². The predicted molar refractivity (Wildman–Crippen MR) is 58.2 cm³/mol. The summed E-state index contributed by atoms with van der Waals surface area (Å²) in [6, 6.07) is 0. The van der Waals surface area contributed by atoms with Crippen molar-refractivity contribution in [2.45, 2.75) is 19.8 Å². The normalized spacial score (nSPS) is 15.1. The number of methoxy groups -OCH3 is 1. The average molecular weight is 208 g/mol. The molecule has 0 fully saturated rings. The second-order valence-electron chi connectivity index (χ2n) is 3.55. The van der Waals surface area contributed by atoms with Crippen LogP contribution in [-0.4, -0.2) is 19.7 Å². The minimum absolute atomic E-state index is 0.278. The highest BCUT2D eigenvalue weighted by molar-refractivity contribution is 5.89. The van der Waals surface area contributed by atoms with Crippen LogP contribution in [0.2, 0.25) is 0 Å². The molecule has 0 bridgehead atoms. The molecule has 0 N–H and O–H groups in total. The molecule has 3 heteroatoms. The number of esters is 1. The molecule has 0 heterocycles. The molecule has 0 aromatic carbocycles. The number of carbonyl (C=O) groups excluding carboxylic acids is 1. The van der Waals surface area contributed by atoms with Gasteiger partial charge in [0.25, 0.3) is 0 Å². The van der Waals surface area contributed by atoms with Crippen LogP contribution in [0.15, 0.2) is 35.6 Å². The van der Waals surface area contributed by atoms with Gasteiger partial charge in [0, 0.05) is 5.57 Å². The summed E-state index contributed by atoms with van der Waals surface area (Å²) in [4.78, 5) is 11.3. The third-order valence-corrected chi connectivity index (χ3v) is 2.01. The Kier molecular flexibility index (Phi) is 4.16. The molecule has 1 rings (SSSR count). The molecule has 0 aromatic rings. The highest BCUT2D eigenvalue weighted by atomic mass is 16.5. The van der Waals surface area contributed by atoms with Crippen LogP contribution in [0.5, 0.6) is 0 Å². The molecule has 0 aromatic heterocycles. The Hall–Kier alpha value is -1.51. The topological polar surface area (TPSA) is 35.5 Å². The monoisotopic (exact) mass is 208 g/mol. The summed E-state index contributed by atoms with van der Waals surface area (Å²) in [5.41, 5.74) is 1.62. The Balaban J connectivity index is 2.60. The minimum Gasteiger partial charge on any atom is -0.490 e. The van der Waals surface area contributed by atoms with Gasteiger partial charge in [0.05, 0.1) is 7.11 Å². The van der Waals surface area contributed by atoms with Gasteiger partial charge < -0.3 is 9.47 Å². The summed E-state index contributed by atoms with van der Waals surface area (Å²) in [5.74, 6) is 0.448. The fourth-order valence-electron chi connectivity index (χ4n) is 1.27. The fourth-order valence-corrected chi connectivity index (χ4v) is 1.27. The zero-order chi connectivity index (χ0) is 11.3. The first kappa shape index (κ1) is 11.6. The molecule has 0 spiro atoms. The fraction of sp³-hybridized carbons (Fsp3) is 0.417. The smallest absolute Gasteiger partial charge is 0.333 e. The van der Waals surface area contributed by atoms with Crippen LogP contribution < -0.4 is 0 Å². The lowest BCUT2D eigenvalue weighted by Gasteiger charge is -2.13. The molecule has 0 atom stereocenters. The molecular formula is C12H16O3. The Morgan fingerprint density at radius 1 is 1.60 bits per heavy atom. The van der Waals surface area contributed by atoms with E-state index in [2.05, 4.69) is 11.3 Å². The van der Waals surface area contributed by atoms with Crippen LogP contribution in [0.1, 0.15) is 19.8 Å². The summed E-state index contributed by atoms with van der Waals surface area (Å²) in [7, 11) is 1.38. The molecule has 0 saturated heterocycles. The van der Waals surface area contributed by atoms with E-state index in [9.17, 15) is 4.79 Å². The number of rotatable bonds is 4. The Bertz CT molecular complexity index is 324. The lowest BCUT2D eigenvalue weighted by atomic mass is 10.0. The molecule has 0 saturated carbocycles. The third kappa shape index (κ3) is 3.62. The first-order chi connectivity index (χ1) is 7.13. The summed E-state index contributed by atoms with van der Waals surface area (Å²) in [5, 5.41) is 0. The lowest BCUT2D eigenvalue weighted by molar-refractivity contribution is -0.136. The number of allylic oxidation sites excluding steroid dienone is 2. The minimum atomic E-state index is -0.278. The van der Waals surface area contributed by atoms with Crippen molar-refractivity contribution in [3.63, 3.8) is 0 Å². The van der Waals surface area contributed by atoms with E-state index in [1.807, 2.05) is 13.0 Å². The Morgan fingerprint density at radius 3 is 2.93 bits per heavy atom. The van der Waals surface area contributed by atoms with E-state index < -0.39 is 0 Å². The predicted octanol–water partition coefficient (Wildman–Crippen LogP) is 2.36. The molecule has 15 heavy (non-hydrogen) atoms. The van der Waals surface area contributed by atoms with Gasteiger partial charge in [-0.2, -0.15) is 0 Å². The second kappa shape index (κ2) is 5.39. The van der Waals surface area contributed by atoms with Crippen molar-refractivity contribution in [3.05, 3.63) is 35.6 Å². The lowest BCUT2D eigenvalue weighted by Crippen LogP contribution is -2.08. The molecule has 1 aliphatic rings. The number of hydrogen-bond donors (Lipinski definition) is 0. The van der Waals surface area contributed by atoms with Crippen molar-refractivity contribution in [2.24, 2.45) is 0 Å². The maximum atomic E-state index is 11.3. The van der Waals surface area contributed by atoms with Crippen molar-refractivity contribution in [1.29, 1.82) is 0 Å². The van der Waals surface area contributed by atoms with Crippen LogP contribution in [0, 0.1) is 0 Å². The van der Waals surface area contributed by atoms with E-state index in [-0.39, 0.29) is 5.97 Å². The summed E-state index contributed by atoms with van der Waals surface area (Å²) >= 11 is 0. The summed E-state index contributed by atoms with van der Waals surface area (Å²) in [6.07, 6.45) is 5.23. The summed E-state index contributed by atoms with van der Waals surface area (Å²) in [6.45, 7) is 6.13. The van der Waals surface area contributed by atoms with Gasteiger partial charge in [-0.25, -0.2) is 4.79 Å². The zero-order valence-electron chi connectivity index (χ0n) is 9.21. The molecule has 0 radical (unpaired) electrons. The molecule has 82 valence electrons. The molecule has 3 nitrogen and oxygen atoms in total. The van der Waals surface area contributed by atoms with E-state index in [0.29, 0.717) is 18.6 Å². The van der Waals surface area contributed by atoms with Gasteiger partial charge >= 0.3 is 5.97 Å². The molecule has 0 aliphatic heterocycles. The SMILES string of the molecule is C=C(C)COC1=CCCC(C(=O)OC)=C1. The Morgan fingerprint density at radius 2 is 2.33 bits per heavy atom. The van der Waals surface area contributed by atoms with Crippen molar-refractivity contribution < 1.29 is 14.3 Å². The van der Waals surface area contributed by atoms with E-state index >= 15 is 0 Å².